The Kier molecular flexibility index (Phi) is 3.21. The Morgan fingerprint density at radius 3 is 2.62 bits per heavy atom. The normalized spacial score (nSPS) is 15.6. The lowest BCUT2D eigenvalue weighted by Gasteiger charge is -2.33. The fraction of sp³-hybridized carbons (Fsp3) is 0.267. The third-order valence-electron chi connectivity index (χ3n) is 3.76. The van der Waals surface area contributed by atoms with Gasteiger partial charge in [0.25, 0.3) is 0 Å². The van der Waals surface area contributed by atoms with E-state index in [0.29, 0.717) is 24.3 Å². The first-order valence-corrected chi connectivity index (χ1v) is 6.68. The third kappa shape index (κ3) is 2.29. The zero-order valence-corrected chi connectivity index (χ0v) is 11.6. The van der Waals surface area contributed by atoms with E-state index in [9.17, 15) is 14.7 Å². The number of aromatic nitrogens is 1. The number of carbonyl (C=O) groups is 2. The number of rotatable bonds is 2. The molecular weight excluding hydrogens is 270 g/mol. The molecule has 0 radical (unpaired) electrons. The molecule has 0 bridgehead atoms. The van der Waals surface area contributed by atoms with Crippen molar-refractivity contribution < 1.29 is 14.7 Å². The second-order valence-corrected chi connectivity index (χ2v) is 5.08. The molecule has 0 atom stereocenters. The average molecular weight is 285 g/mol. The molecule has 108 valence electrons. The van der Waals surface area contributed by atoms with Gasteiger partial charge in [-0.25, -0.2) is 9.78 Å². The van der Waals surface area contributed by atoms with Crippen LogP contribution in [0.25, 0.3) is 10.8 Å². The van der Waals surface area contributed by atoms with Gasteiger partial charge in [-0.3, -0.25) is 4.79 Å². The maximum atomic E-state index is 11.9. The Bertz CT molecular complexity index is 729. The number of anilines is 1. The molecule has 0 saturated carbocycles. The van der Waals surface area contributed by atoms with Crippen molar-refractivity contribution in [3.63, 3.8) is 0 Å². The van der Waals surface area contributed by atoms with Crippen LogP contribution in [-0.2, 0) is 4.79 Å². The summed E-state index contributed by atoms with van der Waals surface area (Å²) in [6.45, 7) is 1.58. The molecule has 1 aliphatic heterocycles. The van der Waals surface area contributed by atoms with Crippen LogP contribution in [0.4, 0.5) is 5.82 Å². The molecule has 6 nitrogen and oxygen atoms in total. The molecule has 0 spiro atoms. The van der Waals surface area contributed by atoms with E-state index in [1.165, 1.54) is 6.20 Å². The van der Waals surface area contributed by atoms with Crippen molar-refractivity contribution in [3.05, 3.63) is 36.0 Å². The van der Waals surface area contributed by atoms with Crippen molar-refractivity contribution in [2.45, 2.75) is 0 Å². The Balaban J connectivity index is 2.10. The Labute approximate surface area is 121 Å². The van der Waals surface area contributed by atoms with Crippen LogP contribution in [0.15, 0.2) is 30.5 Å². The second kappa shape index (κ2) is 5.05. The van der Waals surface area contributed by atoms with Crippen LogP contribution >= 0.6 is 0 Å². The van der Waals surface area contributed by atoms with Crippen LogP contribution < -0.4 is 4.90 Å². The maximum absolute atomic E-state index is 11.9. The molecule has 21 heavy (non-hydrogen) atoms. The highest BCUT2D eigenvalue weighted by Crippen LogP contribution is 2.27. The largest absolute Gasteiger partial charge is 0.478 e. The Morgan fingerprint density at radius 1 is 1.24 bits per heavy atom. The lowest BCUT2D eigenvalue weighted by Crippen LogP contribution is -2.48. The van der Waals surface area contributed by atoms with Gasteiger partial charge < -0.3 is 14.9 Å². The van der Waals surface area contributed by atoms with Crippen LogP contribution in [0.5, 0.6) is 0 Å². The van der Waals surface area contributed by atoms with E-state index in [4.69, 9.17) is 0 Å². The molecule has 2 aromatic rings. The zero-order chi connectivity index (χ0) is 15.0. The summed E-state index contributed by atoms with van der Waals surface area (Å²) in [4.78, 5) is 31.0. The number of carboxylic acids is 1. The Morgan fingerprint density at radius 2 is 1.95 bits per heavy atom. The third-order valence-corrected chi connectivity index (χ3v) is 3.76. The van der Waals surface area contributed by atoms with E-state index in [0.717, 1.165) is 5.39 Å². The molecule has 0 aliphatic carbocycles. The number of hydrogen-bond acceptors (Lipinski definition) is 4. The van der Waals surface area contributed by atoms with Gasteiger partial charge in [-0.1, -0.05) is 24.3 Å². The van der Waals surface area contributed by atoms with Crippen molar-refractivity contribution in [1.82, 2.24) is 9.88 Å². The standard InChI is InChI=1S/C15H15N3O3/c1-17-6-7-18(9-13(17)19)14-11-5-3-2-4-10(11)12(8-16-14)15(20)21/h2-5,8H,6-7,9H2,1H3,(H,20,21). The molecule has 1 aromatic heterocycles. The molecule has 1 aromatic carbocycles. The van der Waals surface area contributed by atoms with Crippen molar-refractivity contribution in [3.8, 4) is 0 Å². The van der Waals surface area contributed by atoms with Crippen LogP contribution in [0.3, 0.4) is 0 Å². The highest BCUT2D eigenvalue weighted by Gasteiger charge is 2.24. The van der Waals surface area contributed by atoms with E-state index in [1.807, 2.05) is 17.0 Å². The predicted octanol–water partition coefficient (Wildman–Crippen LogP) is 1.21. The number of aromatic carboxylic acids is 1. The number of benzene rings is 1. The number of carboxylic acid groups (broad SMARTS) is 1. The summed E-state index contributed by atoms with van der Waals surface area (Å²) in [5, 5.41) is 10.6. The first kappa shape index (κ1) is 13.4. The molecule has 1 fully saturated rings. The van der Waals surface area contributed by atoms with Gasteiger partial charge in [-0.05, 0) is 0 Å². The molecule has 1 aliphatic rings. The number of piperazine rings is 1. The first-order valence-electron chi connectivity index (χ1n) is 6.68. The number of likely N-dealkylation sites (N-methyl/N-ethyl adjacent to an activating group) is 1. The van der Waals surface area contributed by atoms with E-state index in [-0.39, 0.29) is 18.0 Å². The van der Waals surface area contributed by atoms with E-state index in [2.05, 4.69) is 4.98 Å². The molecular formula is C15H15N3O3. The van der Waals surface area contributed by atoms with Gasteiger partial charge in [0.1, 0.15) is 5.82 Å². The van der Waals surface area contributed by atoms with Crippen LogP contribution in [0.2, 0.25) is 0 Å². The van der Waals surface area contributed by atoms with Crippen LogP contribution in [0.1, 0.15) is 10.4 Å². The minimum absolute atomic E-state index is 0.0365. The first-order chi connectivity index (χ1) is 10.1. The predicted molar refractivity (Wildman–Crippen MR) is 78.6 cm³/mol. The monoisotopic (exact) mass is 285 g/mol. The lowest BCUT2D eigenvalue weighted by atomic mass is 10.1. The summed E-state index contributed by atoms with van der Waals surface area (Å²) in [7, 11) is 1.78. The topological polar surface area (TPSA) is 73.7 Å². The fourth-order valence-electron chi connectivity index (χ4n) is 2.54. The molecule has 0 unspecified atom stereocenters. The summed E-state index contributed by atoms with van der Waals surface area (Å²) in [5.41, 5.74) is 0.176. The average Bonchev–Trinajstić information content (AvgIpc) is 2.49. The summed E-state index contributed by atoms with van der Waals surface area (Å²) < 4.78 is 0. The quantitative estimate of drug-likeness (QED) is 0.898. The molecule has 2 heterocycles. The summed E-state index contributed by atoms with van der Waals surface area (Å²) >= 11 is 0. The molecule has 3 rings (SSSR count). The number of amides is 1. The maximum Gasteiger partial charge on any atom is 0.337 e. The number of hydrogen-bond donors (Lipinski definition) is 1. The van der Waals surface area contributed by atoms with Crippen molar-refractivity contribution in [2.24, 2.45) is 0 Å². The van der Waals surface area contributed by atoms with Gasteiger partial charge >= 0.3 is 5.97 Å². The second-order valence-electron chi connectivity index (χ2n) is 5.08. The van der Waals surface area contributed by atoms with Gasteiger partial charge in [-0.2, -0.15) is 0 Å². The summed E-state index contributed by atoms with van der Waals surface area (Å²) in [6, 6.07) is 7.25. The molecule has 6 heteroatoms. The molecule has 1 N–H and O–H groups in total. The van der Waals surface area contributed by atoms with Gasteiger partial charge in [-0.15, -0.1) is 0 Å². The van der Waals surface area contributed by atoms with Crippen molar-refractivity contribution in [2.75, 3.05) is 31.6 Å². The lowest BCUT2D eigenvalue weighted by molar-refractivity contribution is -0.129. The van der Waals surface area contributed by atoms with Gasteiger partial charge in [0.2, 0.25) is 5.91 Å². The SMILES string of the molecule is CN1CCN(c2ncc(C(=O)O)c3ccccc23)CC1=O. The van der Waals surface area contributed by atoms with Crippen LogP contribution in [-0.4, -0.2) is 53.5 Å². The minimum Gasteiger partial charge on any atom is -0.478 e. The number of pyridine rings is 1. The minimum atomic E-state index is -1.00. The van der Waals surface area contributed by atoms with Gasteiger partial charge in [0.15, 0.2) is 0 Å². The van der Waals surface area contributed by atoms with E-state index in [1.54, 1.807) is 24.1 Å². The molecule has 1 amide bonds. The van der Waals surface area contributed by atoms with Crippen molar-refractivity contribution >= 4 is 28.5 Å². The van der Waals surface area contributed by atoms with Crippen LogP contribution in [0, 0.1) is 0 Å². The number of fused-ring (bicyclic) bond motifs is 1. The van der Waals surface area contributed by atoms with Gasteiger partial charge in [0.05, 0.1) is 12.1 Å². The summed E-state index contributed by atoms with van der Waals surface area (Å²) in [6.07, 6.45) is 1.36. The van der Waals surface area contributed by atoms with E-state index < -0.39 is 5.97 Å². The Hall–Kier alpha value is -2.63. The zero-order valence-electron chi connectivity index (χ0n) is 11.6. The number of nitrogens with zero attached hydrogens (tertiary/aromatic N) is 3. The molecule has 1 saturated heterocycles. The highest BCUT2D eigenvalue weighted by molar-refractivity contribution is 6.07. The highest BCUT2D eigenvalue weighted by atomic mass is 16.4. The fourth-order valence-corrected chi connectivity index (χ4v) is 2.54. The summed E-state index contributed by atoms with van der Waals surface area (Å²) in [5.74, 6) is -0.300. The van der Waals surface area contributed by atoms with Gasteiger partial charge in [0, 0.05) is 37.1 Å². The van der Waals surface area contributed by atoms with Crippen molar-refractivity contribution in [1.29, 1.82) is 0 Å². The van der Waals surface area contributed by atoms with E-state index >= 15 is 0 Å². The number of carbonyl (C=O) groups excluding carboxylic acids is 1. The smallest absolute Gasteiger partial charge is 0.337 e.